The fourth-order valence-electron chi connectivity index (χ4n) is 3.26. The summed E-state index contributed by atoms with van der Waals surface area (Å²) in [5.41, 5.74) is 1.01. The van der Waals surface area contributed by atoms with Crippen molar-refractivity contribution in [3.63, 3.8) is 0 Å². The van der Waals surface area contributed by atoms with Crippen molar-refractivity contribution >= 4 is 22.0 Å². The summed E-state index contributed by atoms with van der Waals surface area (Å²) in [7, 11) is -3.54. The van der Waals surface area contributed by atoms with Crippen LogP contribution in [0.2, 0.25) is 0 Å². The molecule has 1 aromatic carbocycles. The Morgan fingerprint density at radius 2 is 1.96 bits per heavy atom. The number of rotatable bonds is 6. The van der Waals surface area contributed by atoms with Crippen LogP contribution in [-0.2, 0) is 14.8 Å². The highest BCUT2D eigenvalue weighted by molar-refractivity contribution is 7.89. The molecule has 1 fully saturated rings. The first-order valence-corrected chi connectivity index (χ1v) is 10.9. The molecule has 0 spiro atoms. The predicted molar refractivity (Wildman–Crippen MR) is 108 cm³/mol. The first kappa shape index (κ1) is 20.4. The fourth-order valence-corrected chi connectivity index (χ4v) is 4.38. The second kappa shape index (κ2) is 8.75. The molecule has 1 amide bonds. The summed E-state index contributed by atoms with van der Waals surface area (Å²) in [6.07, 6.45) is 4.92. The molecular formula is C21H26N2O4S. The number of piperidine rings is 1. The molecule has 1 N–H and O–H groups in total. The summed E-state index contributed by atoms with van der Waals surface area (Å²) in [5.74, 6) is 1.45. The maximum atomic E-state index is 12.4. The van der Waals surface area contributed by atoms with Crippen LogP contribution in [0.25, 0.3) is 6.08 Å². The Balaban J connectivity index is 1.55. The Kier molecular flexibility index (Phi) is 6.36. The highest BCUT2D eigenvalue weighted by Crippen LogP contribution is 2.18. The molecule has 0 saturated carbocycles. The van der Waals surface area contributed by atoms with Gasteiger partial charge in [0, 0.05) is 25.7 Å². The largest absolute Gasteiger partial charge is 0.462 e. The predicted octanol–water partition coefficient (Wildman–Crippen LogP) is 3.13. The number of carbonyl (C=O) groups is 1. The molecule has 0 unspecified atom stereocenters. The second-order valence-corrected chi connectivity index (χ2v) is 9.01. The monoisotopic (exact) mass is 402 g/mol. The summed E-state index contributed by atoms with van der Waals surface area (Å²) in [4.78, 5) is 14.5. The van der Waals surface area contributed by atoms with Crippen molar-refractivity contribution in [3.05, 3.63) is 59.6 Å². The molecule has 2 aromatic rings. The first-order chi connectivity index (χ1) is 13.3. The number of benzene rings is 1. The lowest BCUT2D eigenvalue weighted by atomic mass is 9.98. The van der Waals surface area contributed by atoms with Crippen LogP contribution < -0.4 is 4.72 Å². The van der Waals surface area contributed by atoms with Crippen molar-refractivity contribution in [1.82, 2.24) is 9.62 Å². The van der Waals surface area contributed by atoms with E-state index in [1.807, 2.05) is 26.0 Å². The molecule has 1 atom stereocenters. The van der Waals surface area contributed by atoms with Gasteiger partial charge in [0.15, 0.2) is 0 Å². The summed E-state index contributed by atoms with van der Waals surface area (Å²) < 4.78 is 33.0. The third-order valence-corrected chi connectivity index (χ3v) is 6.31. The van der Waals surface area contributed by atoms with Crippen LogP contribution in [0.4, 0.5) is 0 Å². The number of hydrogen-bond donors (Lipinski definition) is 1. The minimum atomic E-state index is -3.54. The second-order valence-electron chi connectivity index (χ2n) is 7.24. The molecule has 3 rings (SSSR count). The normalized spacial score (nSPS) is 17.9. The molecular weight excluding hydrogens is 376 g/mol. The van der Waals surface area contributed by atoms with Crippen molar-refractivity contribution in [3.8, 4) is 0 Å². The van der Waals surface area contributed by atoms with Crippen LogP contribution in [0.15, 0.2) is 51.8 Å². The average molecular weight is 403 g/mol. The zero-order chi connectivity index (χ0) is 20.1. The molecule has 0 bridgehead atoms. The maximum Gasteiger partial charge on any atom is 0.246 e. The van der Waals surface area contributed by atoms with E-state index < -0.39 is 10.0 Å². The number of likely N-dealkylation sites (tertiary alicyclic amines) is 1. The van der Waals surface area contributed by atoms with Crippen molar-refractivity contribution in [2.75, 3.05) is 19.6 Å². The van der Waals surface area contributed by atoms with Gasteiger partial charge in [-0.2, -0.15) is 0 Å². The van der Waals surface area contributed by atoms with Crippen LogP contribution in [0, 0.1) is 19.8 Å². The van der Waals surface area contributed by atoms with E-state index in [1.165, 1.54) is 6.08 Å². The van der Waals surface area contributed by atoms with Gasteiger partial charge in [-0.3, -0.25) is 4.79 Å². The van der Waals surface area contributed by atoms with Gasteiger partial charge in [-0.15, -0.1) is 0 Å². The molecule has 1 aromatic heterocycles. The standard InChI is InChI=1S/C21H26N2O4S/c1-16-5-10-20(11-6-16)28(25,26)22-14-18-4-3-13-23(15-18)21(24)12-9-19-8-7-17(2)27-19/h5-12,18,22H,3-4,13-15H2,1-2H3/b12-9-/t18-/m1/s1. The topological polar surface area (TPSA) is 79.6 Å². The fraction of sp³-hybridized carbons (Fsp3) is 0.381. The Labute approximate surface area is 166 Å². The Morgan fingerprint density at radius 1 is 1.21 bits per heavy atom. The lowest BCUT2D eigenvalue weighted by Crippen LogP contribution is -2.43. The molecule has 1 aliphatic heterocycles. The van der Waals surface area contributed by atoms with Crippen molar-refractivity contribution in [2.24, 2.45) is 5.92 Å². The van der Waals surface area contributed by atoms with Gasteiger partial charge in [0.1, 0.15) is 11.5 Å². The molecule has 0 aliphatic carbocycles. The molecule has 7 heteroatoms. The third-order valence-electron chi connectivity index (χ3n) is 4.88. The van der Waals surface area contributed by atoms with E-state index in [-0.39, 0.29) is 16.7 Å². The first-order valence-electron chi connectivity index (χ1n) is 9.43. The molecule has 0 radical (unpaired) electrons. The van der Waals surface area contributed by atoms with Crippen LogP contribution in [0.5, 0.6) is 0 Å². The van der Waals surface area contributed by atoms with E-state index in [0.717, 1.165) is 24.2 Å². The zero-order valence-corrected chi connectivity index (χ0v) is 17.0. The van der Waals surface area contributed by atoms with E-state index in [4.69, 9.17) is 4.42 Å². The van der Waals surface area contributed by atoms with Gasteiger partial charge in [0.25, 0.3) is 0 Å². The number of aryl methyl sites for hydroxylation is 2. The lowest BCUT2D eigenvalue weighted by molar-refractivity contribution is -0.127. The smallest absolute Gasteiger partial charge is 0.246 e. The van der Waals surface area contributed by atoms with Crippen molar-refractivity contribution < 1.29 is 17.6 Å². The summed E-state index contributed by atoms with van der Waals surface area (Å²) >= 11 is 0. The van der Waals surface area contributed by atoms with E-state index in [9.17, 15) is 13.2 Å². The number of nitrogens with zero attached hydrogens (tertiary/aromatic N) is 1. The number of furan rings is 1. The Hall–Kier alpha value is -2.38. The number of hydrogen-bond acceptors (Lipinski definition) is 4. The van der Waals surface area contributed by atoms with Crippen LogP contribution >= 0.6 is 0 Å². The summed E-state index contributed by atoms with van der Waals surface area (Å²) in [5, 5.41) is 0. The van der Waals surface area contributed by atoms with E-state index in [0.29, 0.717) is 25.4 Å². The molecule has 1 saturated heterocycles. The van der Waals surface area contributed by atoms with Gasteiger partial charge in [-0.1, -0.05) is 17.7 Å². The van der Waals surface area contributed by atoms with Gasteiger partial charge in [0.05, 0.1) is 4.90 Å². The minimum absolute atomic E-state index is 0.0832. The van der Waals surface area contributed by atoms with E-state index >= 15 is 0 Å². The van der Waals surface area contributed by atoms with E-state index in [2.05, 4.69) is 4.72 Å². The van der Waals surface area contributed by atoms with Gasteiger partial charge >= 0.3 is 0 Å². The van der Waals surface area contributed by atoms with Gasteiger partial charge in [-0.25, -0.2) is 13.1 Å². The quantitative estimate of drug-likeness (QED) is 0.753. The maximum absolute atomic E-state index is 12.4. The molecule has 150 valence electrons. The van der Waals surface area contributed by atoms with Gasteiger partial charge in [-0.05, 0) is 62.9 Å². The van der Waals surface area contributed by atoms with Crippen LogP contribution in [0.1, 0.15) is 29.9 Å². The number of sulfonamides is 1. The SMILES string of the molecule is Cc1ccc(S(=O)(=O)NC[C@H]2CCCN(C(=O)/C=C\c3ccc(C)o3)C2)cc1. The Morgan fingerprint density at radius 3 is 2.64 bits per heavy atom. The average Bonchev–Trinajstić information content (AvgIpc) is 3.10. The van der Waals surface area contributed by atoms with Crippen molar-refractivity contribution in [2.45, 2.75) is 31.6 Å². The molecule has 6 nitrogen and oxygen atoms in total. The molecule has 28 heavy (non-hydrogen) atoms. The van der Waals surface area contributed by atoms with Gasteiger partial charge < -0.3 is 9.32 Å². The number of amides is 1. The molecule has 1 aliphatic rings. The summed E-state index contributed by atoms with van der Waals surface area (Å²) in [6.45, 7) is 5.31. The summed E-state index contributed by atoms with van der Waals surface area (Å²) in [6, 6.07) is 10.4. The lowest BCUT2D eigenvalue weighted by Gasteiger charge is -2.32. The van der Waals surface area contributed by atoms with Crippen molar-refractivity contribution in [1.29, 1.82) is 0 Å². The van der Waals surface area contributed by atoms with Crippen LogP contribution in [0.3, 0.4) is 0 Å². The van der Waals surface area contributed by atoms with E-state index in [1.54, 1.807) is 35.2 Å². The minimum Gasteiger partial charge on any atom is -0.462 e. The highest BCUT2D eigenvalue weighted by Gasteiger charge is 2.24. The third kappa shape index (κ3) is 5.33. The number of carbonyl (C=O) groups excluding carboxylic acids is 1. The molecule has 2 heterocycles. The van der Waals surface area contributed by atoms with Gasteiger partial charge in [0.2, 0.25) is 15.9 Å². The highest BCUT2D eigenvalue weighted by atomic mass is 32.2. The number of nitrogens with one attached hydrogen (secondary N) is 1. The Bertz CT molecular complexity index is 945. The zero-order valence-electron chi connectivity index (χ0n) is 16.2. The van der Waals surface area contributed by atoms with Crippen LogP contribution in [-0.4, -0.2) is 38.9 Å².